The van der Waals surface area contributed by atoms with Gasteiger partial charge >= 0.3 is 5.97 Å². The number of ether oxygens (including phenoxy) is 1. The van der Waals surface area contributed by atoms with Crippen LogP contribution in [0.4, 0.5) is 0 Å². The summed E-state index contributed by atoms with van der Waals surface area (Å²) in [5.41, 5.74) is 2.86. The molecule has 5 rings (SSSR count). The normalized spacial score (nSPS) is 17.7. The first-order chi connectivity index (χ1) is 19.7. The molecule has 1 fully saturated rings. The van der Waals surface area contributed by atoms with Crippen molar-refractivity contribution in [2.45, 2.75) is 40.0 Å². The maximum absolute atomic E-state index is 12.2. The van der Waals surface area contributed by atoms with Crippen LogP contribution in [0.3, 0.4) is 0 Å². The standard InChI is InChI=1S/C24H23NO13S3/c26-24(27)12-1-2-13(9-12)25-34-8-7-33-18-10-19(39-37-35-28)15-4-5-16-20(40-38-36-29)11-21(41(30,31)32)17-6-3-14(18)22(15)23(16)17/h3-6,10-13,25,28-29H,1-2,7-9H2,(H,26,27)(H,30,31,32)/p-3. The molecule has 0 bridgehead atoms. The smallest absolute Gasteiger partial charge is 0.306 e. The summed E-state index contributed by atoms with van der Waals surface area (Å²) in [6, 6.07) is 8.99. The first-order valence-electron chi connectivity index (χ1n) is 12.0. The molecule has 4 aromatic carbocycles. The van der Waals surface area contributed by atoms with E-state index in [0.717, 1.165) is 6.07 Å². The van der Waals surface area contributed by atoms with Crippen molar-refractivity contribution >= 4 is 72.5 Å². The number of hydroxylamine groups is 1. The van der Waals surface area contributed by atoms with E-state index in [1.165, 1.54) is 6.07 Å². The molecule has 0 spiro atoms. The molecule has 2 N–H and O–H groups in total. The molecule has 41 heavy (non-hydrogen) atoms. The highest BCUT2D eigenvalue weighted by Gasteiger charge is 2.29. The summed E-state index contributed by atoms with van der Waals surface area (Å²) >= 11 is 1.04. The first-order valence-corrected chi connectivity index (χ1v) is 14.9. The van der Waals surface area contributed by atoms with Crippen molar-refractivity contribution in [3.63, 3.8) is 0 Å². The molecule has 220 valence electrons. The summed E-state index contributed by atoms with van der Waals surface area (Å²) in [5, 5.41) is 39.6. The number of benzene rings is 4. The number of carbonyl (C=O) groups is 1. The van der Waals surface area contributed by atoms with Gasteiger partial charge in [0.05, 0.1) is 39.8 Å². The lowest BCUT2D eigenvalue weighted by Crippen LogP contribution is -2.29. The second-order valence-electron chi connectivity index (χ2n) is 9.07. The van der Waals surface area contributed by atoms with Gasteiger partial charge in [-0.1, -0.05) is 18.2 Å². The SMILES string of the molecule is O=C(O)C1CCC(NOCCOc2cc(SOO[O-])c3ccc4c(SOO[O-])cc(S(=O)(=O)[O-])c5ccc2c3c45)C1. The quantitative estimate of drug-likeness (QED) is 0.0513. The second-order valence-corrected chi connectivity index (χ2v) is 11.9. The van der Waals surface area contributed by atoms with Crippen molar-refractivity contribution in [3.05, 3.63) is 36.4 Å². The Kier molecular flexibility index (Phi) is 9.33. The Morgan fingerprint density at radius 3 is 2.15 bits per heavy atom. The Hall–Kier alpha value is -2.52. The van der Waals surface area contributed by atoms with Gasteiger partial charge < -0.3 is 24.9 Å². The molecule has 2 atom stereocenters. The highest BCUT2D eigenvalue weighted by atomic mass is 32.2. The Labute approximate surface area is 240 Å². The van der Waals surface area contributed by atoms with Crippen molar-refractivity contribution in [2.75, 3.05) is 13.2 Å². The Morgan fingerprint density at radius 1 is 0.927 bits per heavy atom. The maximum Gasteiger partial charge on any atom is 0.306 e. The molecule has 1 aliphatic carbocycles. The van der Waals surface area contributed by atoms with Crippen LogP contribution in [0.25, 0.3) is 32.3 Å². The van der Waals surface area contributed by atoms with Crippen LogP contribution in [0.15, 0.2) is 51.1 Å². The minimum atomic E-state index is -4.96. The minimum absolute atomic E-state index is 0.0606. The van der Waals surface area contributed by atoms with E-state index in [-0.39, 0.29) is 29.5 Å². The highest BCUT2D eigenvalue weighted by molar-refractivity contribution is 7.95. The summed E-state index contributed by atoms with van der Waals surface area (Å²) in [5.74, 6) is -0.914. The summed E-state index contributed by atoms with van der Waals surface area (Å²) in [6.07, 6.45) is 1.69. The molecule has 1 aliphatic rings. The maximum atomic E-state index is 12.2. The fourth-order valence-corrected chi connectivity index (χ4v) is 6.93. The molecular formula is C24H20NO13S3-3. The van der Waals surface area contributed by atoms with Gasteiger partial charge in [-0.3, -0.25) is 19.7 Å². The number of hydrogen-bond donors (Lipinski definition) is 2. The summed E-state index contributed by atoms with van der Waals surface area (Å²) in [6.45, 7) is 0.162. The van der Waals surface area contributed by atoms with E-state index >= 15 is 0 Å². The number of nitrogens with one attached hydrogen (secondary N) is 1. The topological polar surface area (TPSA) is 208 Å². The third kappa shape index (κ3) is 6.31. The number of rotatable bonds is 14. The van der Waals surface area contributed by atoms with E-state index in [1.807, 2.05) is 0 Å². The summed E-state index contributed by atoms with van der Waals surface area (Å²) in [4.78, 5) is 16.6. The monoisotopic (exact) mass is 626 g/mol. The average molecular weight is 627 g/mol. The third-order valence-electron chi connectivity index (χ3n) is 6.79. The lowest BCUT2D eigenvalue weighted by Gasteiger charge is -2.21. The molecule has 1 saturated carbocycles. The fourth-order valence-electron chi connectivity index (χ4n) is 5.11. The molecule has 0 amide bonds. The Balaban J connectivity index is 1.51. The summed E-state index contributed by atoms with van der Waals surface area (Å²) in [7, 11) is -4.96. The van der Waals surface area contributed by atoms with Crippen LogP contribution in [0, 0.1) is 5.92 Å². The molecular weight excluding hydrogens is 606 g/mol. The van der Waals surface area contributed by atoms with Gasteiger partial charge in [0.15, 0.2) is 0 Å². The molecule has 14 nitrogen and oxygen atoms in total. The molecule has 2 unspecified atom stereocenters. The average Bonchev–Trinajstić information content (AvgIpc) is 3.43. The van der Waals surface area contributed by atoms with E-state index in [4.69, 9.17) is 14.7 Å². The minimum Gasteiger partial charge on any atom is -0.744 e. The van der Waals surface area contributed by atoms with Crippen LogP contribution in [0.2, 0.25) is 0 Å². The molecule has 4 aromatic rings. The molecule has 0 heterocycles. The predicted octanol–water partition coefficient (Wildman–Crippen LogP) is 2.10. The zero-order valence-electron chi connectivity index (χ0n) is 20.7. The lowest BCUT2D eigenvalue weighted by atomic mass is 9.93. The van der Waals surface area contributed by atoms with Gasteiger partial charge in [0.25, 0.3) is 0 Å². The van der Waals surface area contributed by atoms with Crippen LogP contribution < -0.4 is 20.7 Å². The van der Waals surface area contributed by atoms with Gasteiger partial charge in [0.1, 0.15) is 29.1 Å². The van der Waals surface area contributed by atoms with E-state index in [9.17, 15) is 28.3 Å². The van der Waals surface area contributed by atoms with Gasteiger partial charge in [-0.25, -0.2) is 8.42 Å². The van der Waals surface area contributed by atoms with Gasteiger partial charge in [-0.05, 0) is 53.6 Å². The van der Waals surface area contributed by atoms with Gasteiger partial charge in [-0.2, -0.15) is 14.1 Å². The molecule has 0 radical (unpaired) electrons. The van der Waals surface area contributed by atoms with Gasteiger partial charge in [-0.15, -0.1) is 0 Å². The van der Waals surface area contributed by atoms with Crippen LogP contribution in [0.1, 0.15) is 19.3 Å². The summed E-state index contributed by atoms with van der Waals surface area (Å²) < 4.78 is 51.5. The fraction of sp³-hybridized carbons (Fsp3) is 0.292. The Bertz CT molecular complexity index is 1670. The molecule has 17 heteroatoms. The van der Waals surface area contributed by atoms with E-state index in [0.29, 0.717) is 80.9 Å². The molecule has 0 aromatic heterocycles. The van der Waals surface area contributed by atoms with Crippen molar-refractivity contribution in [3.8, 4) is 5.75 Å². The Morgan fingerprint density at radius 2 is 1.54 bits per heavy atom. The van der Waals surface area contributed by atoms with Crippen LogP contribution >= 0.6 is 24.1 Å². The van der Waals surface area contributed by atoms with Crippen LogP contribution in [0.5, 0.6) is 5.75 Å². The number of hydrogen-bond acceptors (Lipinski definition) is 15. The van der Waals surface area contributed by atoms with Crippen LogP contribution in [-0.4, -0.2) is 43.3 Å². The number of carboxylic acids is 1. The van der Waals surface area contributed by atoms with Crippen molar-refractivity contribution < 1.29 is 61.7 Å². The molecule has 0 aliphatic heterocycles. The molecule has 0 saturated heterocycles. The highest BCUT2D eigenvalue weighted by Crippen LogP contribution is 2.47. The predicted molar refractivity (Wildman–Crippen MR) is 138 cm³/mol. The first kappa shape index (κ1) is 30.0. The van der Waals surface area contributed by atoms with Gasteiger partial charge in [0.2, 0.25) is 0 Å². The third-order valence-corrected chi connectivity index (χ3v) is 8.95. The van der Waals surface area contributed by atoms with Gasteiger partial charge in [0, 0.05) is 27.1 Å². The number of carboxylic acid groups (broad SMARTS) is 1. The van der Waals surface area contributed by atoms with E-state index in [1.54, 1.807) is 24.3 Å². The largest absolute Gasteiger partial charge is 0.744 e. The zero-order chi connectivity index (χ0) is 29.1. The zero-order valence-corrected chi connectivity index (χ0v) is 23.2. The van der Waals surface area contributed by atoms with E-state index in [2.05, 4.69) is 24.2 Å². The lowest BCUT2D eigenvalue weighted by molar-refractivity contribution is -0.777. The van der Waals surface area contributed by atoms with Crippen molar-refractivity contribution in [2.24, 2.45) is 5.92 Å². The number of aliphatic carboxylic acids is 1. The van der Waals surface area contributed by atoms with E-state index < -0.39 is 26.9 Å². The van der Waals surface area contributed by atoms with Crippen LogP contribution in [-0.2, 0) is 38.5 Å². The second kappa shape index (κ2) is 12.8. The van der Waals surface area contributed by atoms with Crippen molar-refractivity contribution in [1.82, 2.24) is 5.48 Å². The van der Waals surface area contributed by atoms with Crippen molar-refractivity contribution in [1.29, 1.82) is 0 Å².